The van der Waals surface area contributed by atoms with Crippen molar-refractivity contribution in [2.24, 2.45) is 0 Å². The molecule has 1 aromatic rings. The van der Waals surface area contributed by atoms with Crippen LogP contribution in [0.4, 0.5) is 10.5 Å². The summed E-state index contributed by atoms with van der Waals surface area (Å²) in [4.78, 5) is 25.1. The molecule has 2 aliphatic rings. The number of carbonyl (C=O) groups excluding carboxylic acids is 2. The van der Waals surface area contributed by atoms with Gasteiger partial charge in [0.1, 0.15) is 5.70 Å². The Morgan fingerprint density at radius 3 is 2.61 bits per heavy atom. The van der Waals surface area contributed by atoms with Crippen LogP contribution in [0.25, 0.3) is 6.08 Å². The van der Waals surface area contributed by atoms with E-state index in [-0.39, 0.29) is 11.2 Å². The molecule has 1 saturated heterocycles. The molecule has 2 N–H and O–H groups in total. The summed E-state index contributed by atoms with van der Waals surface area (Å²) in [7, 11) is 2.07. The molecule has 3 rings (SSSR count). The third-order valence-electron chi connectivity index (χ3n) is 4.77. The van der Waals surface area contributed by atoms with E-state index in [0.29, 0.717) is 10.9 Å². The van der Waals surface area contributed by atoms with Gasteiger partial charge in [0.05, 0.1) is 0 Å². The molecule has 0 bridgehead atoms. The average Bonchev–Trinajstić information content (AvgIpc) is 2.76. The van der Waals surface area contributed by atoms with Crippen LogP contribution in [0, 0.1) is 0 Å². The van der Waals surface area contributed by atoms with E-state index in [4.69, 9.17) is 11.6 Å². The van der Waals surface area contributed by atoms with Crippen molar-refractivity contribution in [1.29, 1.82) is 0 Å². The van der Waals surface area contributed by atoms with Crippen molar-refractivity contribution in [1.82, 2.24) is 10.6 Å². The zero-order valence-corrected chi connectivity index (χ0v) is 14.4. The lowest BCUT2D eigenvalue weighted by atomic mass is 9.80. The molecule has 1 aromatic carbocycles. The fraction of sp³-hybridized carbons (Fsp3) is 0.412. The number of nitrogens with zero attached hydrogens (tertiary/aromatic N) is 1. The summed E-state index contributed by atoms with van der Waals surface area (Å²) in [5.74, 6) is -0.0484. The Morgan fingerprint density at radius 2 is 2.00 bits per heavy atom. The van der Waals surface area contributed by atoms with Crippen LogP contribution < -0.4 is 15.5 Å². The van der Waals surface area contributed by atoms with Gasteiger partial charge in [-0.3, -0.25) is 10.1 Å². The number of carbonyl (C=O) groups is 2. The molecule has 1 atom stereocenters. The molecule has 2 heterocycles. The second-order valence-corrected chi connectivity index (χ2v) is 7.28. The second-order valence-electron chi connectivity index (χ2n) is 6.88. The lowest BCUT2D eigenvalue weighted by molar-refractivity contribution is -0.115. The van der Waals surface area contributed by atoms with Gasteiger partial charge in [0, 0.05) is 23.3 Å². The maximum atomic E-state index is 11.7. The van der Waals surface area contributed by atoms with Crippen molar-refractivity contribution in [2.45, 2.75) is 38.6 Å². The maximum absolute atomic E-state index is 11.7. The minimum Gasteiger partial charge on any atom is -0.369 e. The van der Waals surface area contributed by atoms with Gasteiger partial charge in [-0.05, 0) is 55.5 Å². The Labute approximate surface area is 140 Å². The number of imide groups is 1. The smallest absolute Gasteiger partial charge is 0.326 e. The van der Waals surface area contributed by atoms with Gasteiger partial charge in [-0.25, -0.2) is 4.79 Å². The van der Waals surface area contributed by atoms with E-state index in [1.54, 1.807) is 6.08 Å². The summed E-state index contributed by atoms with van der Waals surface area (Å²) in [6.07, 6.45) is 2.65. The molecule has 1 unspecified atom stereocenters. The number of hydrogen-bond acceptors (Lipinski definition) is 3. The van der Waals surface area contributed by atoms with E-state index in [0.717, 1.165) is 17.7 Å². The standard InChI is InChI=1S/C17H20ClN3O2/c1-9-8-17(2,3)21(4)14-7-12(18)10(5-11(9)14)6-13-15(22)20-16(23)19-13/h5-7,9H,8H2,1-4H3,(H2,19,20,22,23)/b13-6-. The summed E-state index contributed by atoms with van der Waals surface area (Å²) in [5, 5.41) is 5.23. The number of halogens is 1. The predicted molar refractivity (Wildman–Crippen MR) is 91.6 cm³/mol. The number of rotatable bonds is 1. The summed E-state index contributed by atoms with van der Waals surface area (Å²) in [6, 6.07) is 3.44. The van der Waals surface area contributed by atoms with Crippen molar-refractivity contribution in [3.63, 3.8) is 0 Å². The summed E-state index contributed by atoms with van der Waals surface area (Å²) in [6.45, 7) is 6.63. The number of fused-ring (bicyclic) bond motifs is 1. The zero-order valence-electron chi connectivity index (χ0n) is 13.7. The number of anilines is 1. The first-order valence-electron chi connectivity index (χ1n) is 7.60. The van der Waals surface area contributed by atoms with Crippen molar-refractivity contribution in [3.8, 4) is 0 Å². The second kappa shape index (κ2) is 5.27. The van der Waals surface area contributed by atoms with Crippen LogP contribution in [0.3, 0.4) is 0 Å². The lowest BCUT2D eigenvalue weighted by Crippen LogP contribution is -2.45. The van der Waals surface area contributed by atoms with E-state index in [2.05, 4.69) is 43.4 Å². The van der Waals surface area contributed by atoms with Gasteiger partial charge in [0.25, 0.3) is 5.91 Å². The number of nitrogens with one attached hydrogen (secondary N) is 2. The largest absolute Gasteiger partial charge is 0.369 e. The minimum atomic E-state index is -0.509. The molecule has 122 valence electrons. The van der Waals surface area contributed by atoms with Crippen LogP contribution in [0.1, 0.15) is 44.2 Å². The summed E-state index contributed by atoms with van der Waals surface area (Å²) in [5.41, 5.74) is 3.33. The van der Waals surface area contributed by atoms with E-state index in [1.165, 1.54) is 5.56 Å². The van der Waals surface area contributed by atoms with Gasteiger partial charge < -0.3 is 10.2 Å². The number of amides is 3. The predicted octanol–water partition coefficient (Wildman–Crippen LogP) is 3.24. The third kappa shape index (κ3) is 2.70. The molecular weight excluding hydrogens is 314 g/mol. The molecule has 0 spiro atoms. The zero-order chi connectivity index (χ0) is 16.9. The summed E-state index contributed by atoms with van der Waals surface area (Å²) >= 11 is 6.41. The quantitative estimate of drug-likeness (QED) is 0.612. The Balaban J connectivity index is 2.06. The molecule has 0 saturated carbocycles. The van der Waals surface area contributed by atoms with E-state index in [9.17, 15) is 9.59 Å². The molecule has 0 aliphatic carbocycles. The topological polar surface area (TPSA) is 61.4 Å². The van der Waals surface area contributed by atoms with Crippen molar-refractivity contribution in [2.75, 3.05) is 11.9 Å². The molecule has 3 amide bonds. The van der Waals surface area contributed by atoms with Gasteiger partial charge in [-0.2, -0.15) is 0 Å². The summed E-state index contributed by atoms with van der Waals surface area (Å²) < 4.78 is 0. The van der Waals surface area contributed by atoms with Crippen LogP contribution in [0.2, 0.25) is 5.02 Å². The first-order valence-corrected chi connectivity index (χ1v) is 7.98. The minimum absolute atomic E-state index is 0.0645. The molecule has 6 heteroatoms. The molecule has 5 nitrogen and oxygen atoms in total. The normalized spacial score (nSPS) is 24.5. The number of hydrogen-bond donors (Lipinski definition) is 2. The van der Waals surface area contributed by atoms with Crippen LogP contribution >= 0.6 is 11.6 Å². The molecule has 1 fully saturated rings. The molecule has 0 aromatic heterocycles. The van der Waals surface area contributed by atoms with Crippen molar-refractivity contribution < 1.29 is 9.59 Å². The first kappa shape index (κ1) is 15.9. The van der Waals surface area contributed by atoms with Gasteiger partial charge in [-0.1, -0.05) is 18.5 Å². The van der Waals surface area contributed by atoms with Crippen LogP contribution in [0.5, 0.6) is 0 Å². The van der Waals surface area contributed by atoms with Crippen molar-refractivity contribution >= 4 is 35.3 Å². The molecule has 0 radical (unpaired) electrons. The van der Waals surface area contributed by atoms with Gasteiger partial charge in [-0.15, -0.1) is 0 Å². The highest BCUT2D eigenvalue weighted by atomic mass is 35.5. The highest BCUT2D eigenvalue weighted by molar-refractivity contribution is 6.32. The van der Waals surface area contributed by atoms with Gasteiger partial charge >= 0.3 is 6.03 Å². The molecular formula is C17H20ClN3O2. The van der Waals surface area contributed by atoms with E-state index < -0.39 is 11.9 Å². The number of urea groups is 1. The molecule has 2 aliphatic heterocycles. The molecule has 23 heavy (non-hydrogen) atoms. The SMILES string of the molecule is CC1CC(C)(C)N(C)c2cc(Cl)c(/C=C3\NC(=O)NC3=O)cc21. The Bertz CT molecular complexity index is 740. The van der Waals surface area contributed by atoms with Crippen molar-refractivity contribution in [3.05, 3.63) is 34.0 Å². The Hall–Kier alpha value is -2.01. The highest BCUT2D eigenvalue weighted by Crippen LogP contribution is 2.44. The average molecular weight is 334 g/mol. The van der Waals surface area contributed by atoms with Crippen LogP contribution in [0.15, 0.2) is 17.8 Å². The van der Waals surface area contributed by atoms with E-state index in [1.807, 2.05) is 12.1 Å². The number of benzene rings is 1. The Morgan fingerprint density at radius 1 is 1.30 bits per heavy atom. The van der Waals surface area contributed by atoms with Crippen LogP contribution in [-0.2, 0) is 4.79 Å². The van der Waals surface area contributed by atoms with Crippen LogP contribution in [-0.4, -0.2) is 24.5 Å². The lowest BCUT2D eigenvalue weighted by Gasteiger charge is -2.45. The van der Waals surface area contributed by atoms with E-state index >= 15 is 0 Å². The maximum Gasteiger partial charge on any atom is 0.326 e. The highest BCUT2D eigenvalue weighted by Gasteiger charge is 2.34. The fourth-order valence-electron chi connectivity index (χ4n) is 3.35. The third-order valence-corrected chi connectivity index (χ3v) is 5.10. The fourth-order valence-corrected chi connectivity index (χ4v) is 3.57. The Kier molecular flexibility index (Phi) is 3.64. The van der Waals surface area contributed by atoms with Gasteiger partial charge in [0.2, 0.25) is 0 Å². The first-order chi connectivity index (χ1) is 10.7. The monoisotopic (exact) mass is 333 g/mol. The van der Waals surface area contributed by atoms with Gasteiger partial charge in [0.15, 0.2) is 0 Å².